The van der Waals surface area contributed by atoms with Crippen molar-refractivity contribution in [1.82, 2.24) is 0 Å². The first-order chi connectivity index (χ1) is 19.8. The van der Waals surface area contributed by atoms with Gasteiger partial charge in [0.05, 0.1) is 6.42 Å². The molecule has 228 valence electrons. The molecule has 0 bridgehead atoms. The molecule has 1 aliphatic carbocycles. The Hall–Kier alpha value is -2.88. The number of carbonyl (C=O) groups is 4. The Labute approximate surface area is 254 Å². The molecule has 4 nitrogen and oxygen atoms in total. The van der Waals surface area contributed by atoms with Crippen LogP contribution < -0.4 is 0 Å². The quantitative estimate of drug-likeness (QED) is 0.212. The molecule has 0 aromatic heterocycles. The second-order valence-corrected chi connectivity index (χ2v) is 13.6. The lowest BCUT2D eigenvalue weighted by Gasteiger charge is -2.32. The van der Waals surface area contributed by atoms with Gasteiger partial charge in [-0.3, -0.25) is 19.2 Å². The van der Waals surface area contributed by atoms with Crippen LogP contribution in [-0.2, 0) is 33.6 Å². The Morgan fingerprint density at radius 1 is 0.976 bits per heavy atom. The number of ketones is 4. The highest BCUT2D eigenvalue weighted by atomic mass is 16.1. The minimum atomic E-state index is -0.349. The Kier molecular flexibility index (Phi) is 11.6. The van der Waals surface area contributed by atoms with Crippen LogP contribution in [0.1, 0.15) is 126 Å². The molecule has 0 amide bonds. The van der Waals surface area contributed by atoms with Crippen LogP contribution >= 0.6 is 0 Å². The molecule has 42 heavy (non-hydrogen) atoms. The first-order valence-electron chi connectivity index (χ1n) is 16.1. The summed E-state index contributed by atoms with van der Waals surface area (Å²) in [7, 11) is 0. The van der Waals surface area contributed by atoms with Crippen LogP contribution in [0.4, 0.5) is 0 Å². The predicted octanol–water partition coefficient (Wildman–Crippen LogP) is 8.90. The van der Waals surface area contributed by atoms with Crippen molar-refractivity contribution in [2.24, 2.45) is 23.2 Å². The Morgan fingerprint density at radius 3 is 2.29 bits per heavy atom. The highest BCUT2D eigenvalue weighted by Gasteiger charge is 2.34. The van der Waals surface area contributed by atoms with E-state index in [-0.39, 0.29) is 52.7 Å². The average molecular weight is 573 g/mol. The van der Waals surface area contributed by atoms with Crippen molar-refractivity contribution in [3.63, 3.8) is 0 Å². The van der Waals surface area contributed by atoms with Crippen LogP contribution in [0.5, 0.6) is 0 Å². The molecule has 0 saturated carbocycles. The third-order valence-corrected chi connectivity index (χ3v) is 9.26. The van der Waals surface area contributed by atoms with Gasteiger partial charge in [-0.25, -0.2) is 0 Å². The maximum atomic E-state index is 13.6. The topological polar surface area (TPSA) is 68.3 Å². The summed E-state index contributed by atoms with van der Waals surface area (Å²) in [4.78, 5) is 51.1. The van der Waals surface area contributed by atoms with Gasteiger partial charge in [-0.1, -0.05) is 84.7 Å². The third kappa shape index (κ3) is 8.14. The molecule has 0 N–H and O–H groups in total. The Balaban J connectivity index is 1.96. The van der Waals surface area contributed by atoms with Gasteiger partial charge in [0.1, 0.15) is 17.3 Å². The predicted molar refractivity (Wildman–Crippen MR) is 172 cm³/mol. The fourth-order valence-corrected chi connectivity index (χ4v) is 7.00. The standard InChI is InChI=1S/C38H52O4/c1-9-12-29(31(11-3)34(40)19-25(5)39)20-26-21-33-32(17-13-24(4)37(33)35(41)22-26)30-15-14-27(10-2)28(23-30)16-18-36(42)38(6,7)8/h13-15,17,23,26,29,31H,9-12,16,18-22H2,1-8H3. The summed E-state index contributed by atoms with van der Waals surface area (Å²) in [5.74, 6) is 0.644. The molecule has 1 aliphatic rings. The zero-order valence-corrected chi connectivity index (χ0v) is 27.3. The van der Waals surface area contributed by atoms with Crippen molar-refractivity contribution in [2.75, 3.05) is 0 Å². The number of hydrogen-bond acceptors (Lipinski definition) is 4. The molecule has 0 saturated heterocycles. The number of carbonyl (C=O) groups excluding carboxylic acids is 4. The summed E-state index contributed by atoms with van der Waals surface area (Å²) < 4.78 is 0. The van der Waals surface area contributed by atoms with Gasteiger partial charge in [0, 0.05) is 29.7 Å². The highest BCUT2D eigenvalue weighted by molar-refractivity contribution is 6.02. The van der Waals surface area contributed by atoms with Gasteiger partial charge in [-0.15, -0.1) is 0 Å². The van der Waals surface area contributed by atoms with Crippen molar-refractivity contribution in [2.45, 2.75) is 120 Å². The molecule has 2 aromatic carbocycles. The fraction of sp³-hybridized carbons (Fsp3) is 0.579. The summed E-state index contributed by atoms with van der Waals surface area (Å²) in [5, 5.41) is 0. The smallest absolute Gasteiger partial charge is 0.163 e. The molecule has 2 aromatic rings. The van der Waals surface area contributed by atoms with E-state index in [0.717, 1.165) is 66.3 Å². The zero-order chi connectivity index (χ0) is 31.2. The SMILES string of the molecule is CCCC(CC1CC(=O)c2c(C)ccc(-c3ccc(CC)c(CCC(=O)C(C)(C)C)c3)c2C1)C(CC)C(=O)CC(C)=O. The molecule has 0 fully saturated rings. The molecule has 0 spiro atoms. The average Bonchev–Trinajstić information content (AvgIpc) is 2.91. The van der Waals surface area contributed by atoms with E-state index in [1.165, 1.54) is 18.1 Å². The van der Waals surface area contributed by atoms with E-state index < -0.39 is 0 Å². The van der Waals surface area contributed by atoms with Gasteiger partial charge in [0.15, 0.2) is 5.78 Å². The number of aryl methyl sites for hydroxylation is 3. The van der Waals surface area contributed by atoms with Crippen molar-refractivity contribution >= 4 is 23.1 Å². The minimum absolute atomic E-state index is 0.00589. The van der Waals surface area contributed by atoms with Crippen LogP contribution in [0.2, 0.25) is 0 Å². The fourth-order valence-electron chi connectivity index (χ4n) is 7.00. The monoisotopic (exact) mass is 572 g/mol. The number of benzene rings is 2. The van der Waals surface area contributed by atoms with Crippen LogP contribution in [-0.4, -0.2) is 23.1 Å². The molecule has 3 unspecified atom stereocenters. The second kappa shape index (κ2) is 14.5. The number of hydrogen-bond donors (Lipinski definition) is 0. The van der Waals surface area contributed by atoms with Gasteiger partial charge in [-0.05, 0) is 91.2 Å². The second-order valence-electron chi connectivity index (χ2n) is 13.6. The maximum Gasteiger partial charge on any atom is 0.163 e. The van der Waals surface area contributed by atoms with E-state index in [4.69, 9.17) is 0 Å². The summed E-state index contributed by atoms with van der Waals surface area (Å²) in [6.45, 7) is 15.8. The van der Waals surface area contributed by atoms with E-state index in [2.05, 4.69) is 44.2 Å². The summed E-state index contributed by atoms with van der Waals surface area (Å²) in [5.41, 5.74) is 7.33. The number of Topliss-reactive ketones (excluding diaryl/α,β-unsaturated/α-hetero) is 4. The summed E-state index contributed by atoms with van der Waals surface area (Å²) in [6.07, 6.45) is 6.91. The molecule has 3 atom stereocenters. The maximum absolute atomic E-state index is 13.6. The van der Waals surface area contributed by atoms with Crippen LogP contribution in [0.3, 0.4) is 0 Å². The number of fused-ring (bicyclic) bond motifs is 1. The Bertz CT molecular complexity index is 1310. The Morgan fingerprint density at radius 2 is 1.69 bits per heavy atom. The van der Waals surface area contributed by atoms with E-state index in [9.17, 15) is 19.2 Å². The lowest BCUT2D eigenvalue weighted by molar-refractivity contribution is -0.130. The summed E-state index contributed by atoms with van der Waals surface area (Å²) >= 11 is 0. The van der Waals surface area contributed by atoms with Gasteiger partial charge >= 0.3 is 0 Å². The molecular weight excluding hydrogens is 520 g/mol. The molecule has 0 aliphatic heterocycles. The van der Waals surface area contributed by atoms with Gasteiger partial charge in [0.2, 0.25) is 0 Å². The van der Waals surface area contributed by atoms with Gasteiger partial charge in [-0.2, -0.15) is 0 Å². The molecule has 0 heterocycles. The first-order valence-corrected chi connectivity index (χ1v) is 16.1. The first kappa shape index (κ1) is 33.6. The largest absolute Gasteiger partial charge is 0.300 e. The molecule has 4 heteroatoms. The number of rotatable bonds is 14. The summed E-state index contributed by atoms with van der Waals surface area (Å²) in [6, 6.07) is 10.8. The van der Waals surface area contributed by atoms with Crippen LogP contribution in [0.15, 0.2) is 30.3 Å². The lowest BCUT2D eigenvalue weighted by atomic mass is 9.71. The van der Waals surface area contributed by atoms with Gasteiger partial charge < -0.3 is 0 Å². The van der Waals surface area contributed by atoms with Crippen molar-refractivity contribution in [1.29, 1.82) is 0 Å². The molecule has 0 radical (unpaired) electrons. The minimum Gasteiger partial charge on any atom is -0.300 e. The van der Waals surface area contributed by atoms with Crippen molar-refractivity contribution < 1.29 is 19.2 Å². The van der Waals surface area contributed by atoms with Crippen molar-refractivity contribution in [3.8, 4) is 11.1 Å². The molecule has 3 rings (SSSR count). The van der Waals surface area contributed by atoms with Crippen molar-refractivity contribution in [3.05, 3.63) is 58.1 Å². The normalized spacial score (nSPS) is 16.6. The van der Waals surface area contributed by atoms with Gasteiger partial charge in [0.25, 0.3) is 0 Å². The van der Waals surface area contributed by atoms with E-state index in [1.807, 2.05) is 34.6 Å². The lowest BCUT2D eigenvalue weighted by Crippen LogP contribution is -2.30. The highest BCUT2D eigenvalue weighted by Crippen LogP contribution is 2.40. The zero-order valence-electron chi connectivity index (χ0n) is 27.3. The van der Waals surface area contributed by atoms with Crippen LogP contribution in [0, 0.1) is 30.1 Å². The van der Waals surface area contributed by atoms with E-state index in [1.54, 1.807) is 0 Å². The molecular formula is C38H52O4. The van der Waals surface area contributed by atoms with E-state index in [0.29, 0.717) is 19.3 Å². The van der Waals surface area contributed by atoms with Crippen LogP contribution in [0.25, 0.3) is 11.1 Å². The third-order valence-electron chi connectivity index (χ3n) is 9.26. The van der Waals surface area contributed by atoms with E-state index >= 15 is 0 Å².